The minimum absolute atomic E-state index is 0.0937. The Balaban J connectivity index is 1.20. The molecule has 4 aromatic rings. The van der Waals surface area contributed by atoms with Gasteiger partial charge in [0.05, 0.1) is 13.2 Å². The standard InChI is InChI=1S/C46H66N2O2/c1-43(2,3)37-29-38(44(4,5)6)32-41(31-37)49-27-15-13-21-47-23-17-35(18-24-47)36-19-25-48(26-20-36)22-14-16-28-50-42-33-39(45(7,8)9)30-40(34-42)46(10,11)12/h17-20,23-26,29-34H,13-16,21-22,27-28H2,1-12H3/q+2. The summed E-state index contributed by atoms with van der Waals surface area (Å²) in [4.78, 5) is 0. The van der Waals surface area contributed by atoms with Crippen LogP contribution >= 0.6 is 0 Å². The molecule has 0 atom stereocenters. The van der Waals surface area contributed by atoms with Crippen molar-refractivity contribution in [2.24, 2.45) is 0 Å². The second-order valence-electron chi connectivity index (χ2n) is 18.3. The van der Waals surface area contributed by atoms with E-state index in [2.05, 4.69) is 178 Å². The molecule has 0 spiro atoms. The topological polar surface area (TPSA) is 26.2 Å². The zero-order valence-electron chi connectivity index (χ0n) is 33.5. The van der Waals surface area contributed by atoms with Crippen molar-refractivity contribution in [3.63, 3.8) is 0 Å². The predicted octanol–water partition coefficient (Wildman–Crippen LogP) is 10.8. The van der Waals surface area contributed by atoms with Crippen molar-refractivity contribution < 1.29 is 18.6 Å². The monoisotopic (exact) mass is 679 g/mol. The third kappa shape index (κ3) is 11.7. The maximum atomic E-state index is 6.27. The van der Waals surface area contributed by atoms with Crippen molar-refractivity contribution >= 4 is 0 Å². The van der Waals surface area contributed by atoms with E-state index in [-0.39, 0.29) is 21.7 Å². The van der Waals surface area contributed by atoms with Gasteiger partial charge in [-0.3, -0.25) is 0 Å². The molecule has 2 aromatic heterocycles. The Morgan fingerprint density at radius 1 is 0.400 bits per heavy atom. The van der Waals surface area contributed by atoms with E-state index in [0.29, 0.717) is 0 Å². The summed E-state index contributed by atoms with van der Waals surface area (Å²) in [5, 5.41) is 0. The summed E-state index contributed by atoms with van der Waals surface area (Å²) in [6.07, 6.45) is 13.0. The van der Waals surface area contributed by atoms with Gasteiger partial charge >= 0.3 is 0 Å². The highest BCUT2D eigenvalue weighted by Crippen LogP contribution is 2.34. The van der Waals surface area contributed by atoms with Gasteiger partial charge in [-0.25, -0.2) is 9.13 Å². The number of rotatable bonds is 13. The van der Waals surface area contributed by atoms with Crippen LogP contribution in [0.3, 0.4) is 0 Å². The lowest BCUT2D eigenvalue weighted by Gasteiger charge is -2.26. The van der Waals surface area contributed by atoms with Crippen molar-refractivity contribution in [2.45, 2.75) is 144 Å². The van der Waals surface area contributed by atoms with E-state index in [1.165, 1.54) is 33.4 Å². The smallest absolute Gasteiger partial charge is 0.169 e. The molecule has 0 saturated heterocycles. The molecule has 0 amide bonds. The Bertz CT molecular complexity index is 1470. The van der Waals surface area contributed by atoms with Gasteiger partial charge < -0.3 is 9.47 Å². The molecule has 0 fully saturated rings. The number of unbranched alkanes of at least 4 members (excludes halogenated alkanes) is 2. The van der Waals surface area contributed by atoms with Gasteiger partial charge in [-0.1, -0.05) is 95.2 Å². The maximum absolute atomic E-state index is 6.27. The molecule has 0 bridgehead atoms. The van der Waals surface area contributed by atoms with Crippen molar-refractivity contribution in [1.29, 1.82) is 0 Å². The molecule has 4 rings (SSSR count). The quantitative estimate of drug-likeness (QED) is 0.104. The van der Waals surface area contributed by atoms with Crippen LogP contribution in [-0.2, 0) is 34.7 Å². The van der Waals surface area contributed by atoms with Gasteiger partial charge in [0, 0.05) is 37.1 Å². The number of aromatic nitrogens is 2. The highest BCUT2D eigenvalue weighted by atomic mass is 16.5. The fraction of sp³-hybridized carbons (Fsp3) is 0.522. The Hall–Kier alpha value is -3.66. The van der Waals surface area contributed by atoms with Gasteiger partial charge in [0.15, 0.2) is 24.8 Å². The van der Waals surface area contributed by atoms with Crippen LogP contribution in [0.25, 0.3) is 11.1 Å². The van der Waals surface area contributed by atoms with E-state index in [9.17, 15) is 0 Å². The van der Waals surface area contributed by atoms with Gasteiger partial charge in [-0.2, -0.15) is 0 Å². The van der Waals surface area contributed by atoms with E-state index < -0.39 is 0 Å². The van der Waals surface area contributed by atoms with Gasteiger partial charge in [-0.05, 0) is 92.1 Å². The average Bonchev–Trinajstić information content (AvgIpc) is 3.03. The molecule has 0 aliphatic carbocycles. The lowest BCUT2D eigenvalue weighted by atomic mass is 9.80. The normalized spacial score (nSPS) is 12.6. The minimum Gasteiger partial charge on any atom is -0.494 e. The summed E-state index contributed by atoms with van der Waals surface area (Å²) in [5.74, 6) is 1.98. The molecule has 270 valence electrons. The second kappa shape index (κ2) is 16.1. The van der Waals surface area contributed by atoms with Crippen molar-refractivity contribution in [3.05, 3.63) is 108 Å². The number of benzene rings is 2. The van der Waals surface area contributed by atoms with Crippen LogP contribution in [-0.4, -0.2) is 13.2 Å². The fourth-order valence-corrected chi connectivity index (χ4v) is 5.87. The van der Waals surface area contributed by atoms with Gasteiger partial charge in [0.2, 0.25) is 0 Å². The first kappa shape index (κ1) is 39.1. The third-order valence-corrected chi connectivity index (χ3v) is 9.55. The van der Waals surface area contributed by atoms with Crippen molar-refractivity contribution in [1.82, 2.24) is 0 Å². The van der Waals surface area contributed by atoms with Crippen molar-refractivity contribution in [2.75, 3.05) is 13.2 Å². The first-order valence-electron chi connectivity index (χ1n) is 18.9. The van der Waals surface area contributed by atoms with Crippen LogP contribution < -0.4 is 18.6 Å². The Morgan fingerprint density at radius 3 is 0.940 bits per heavy atom. The Morgan fingerprint density at radius 2 is 0.680 bits per heavy atom. The van der Waals surface area contributed by atoms with E-state index in [1.807, 2.05) is 0 Å². The summed E-state index contributed by atoms with van der Waals surface area (Å²) in [7, 11) is 0. The van der Waals surface area contributed by atoms with Crippen LogP contribution in [0.1, 0.15) is 131 Å². The largest absolute Gasteiger partial charge is 0.494 e. The third-order valence-electron chi connectivity index (χ3n) is 9.55. The first-order valence-corrected chi connectivity index (χ1v) is 18.9. The summed E-state index contributed by atoms with van der Waals surface area (Å²) >= 11 is 0. The summed E-state index contributed by atoms with van der Waals surface area (Å²) in [6, 6.07) is 22.5. The molecule has 0 unspecified atom stereocenters. The van der Waals surface area contributed by atoms with Crippen LogP contribution in [0.5, 0.6) is 11.5 Å². The molecule has 0 saturated carbocycles. The number of nitrogens with zero attached hydrogens (tertiary/aromatic N) is 2. The number of pyridine rings is 2. The number of aryl methyl sites for hydroxylation is 2. The van der Waals surface area contributed by atoms with Gasteiger partial charge in [0.25, 0.3) is 0 Å². The molecule has 50 heavy (non-hydrogen) atoms. The molecule has 4 heteroatoms. The molecule has 2 aromatic carbocycles. The molecule has 0 N–H and O–H groups in total. The molecule has 0 aliphatic heterocycles. The van der Waals surface area contributed by atoms with E-state index >= 15 is 0 Å². The zero-order chi connectivity index (χ0) is 36.7. The maximum Gasteiger partial charge on any atom is 0.169 e. The lowest BCUT2D eigenvalue weighted by Crippen LogP contribution is -2.33. The average molecular weight is 679 g/mol. The molecular weight excluding hydrogens is 613 g/mol. The molecule has 0 aliphatic rings. The highest BCUT2D eigenvalue weighted by Gasteiger charge is 2.22. The van der Waals surface area contributed by atoms with E-state index in [1.54, 1.807) is 0 Å². The van der Waals surface area contributed by atoms with Crippen LogP contribution in [0, 0.1) is 0 Å². The molecule has 4 nitrogen and oxygen atoms in total. The predicted molar refractivity (Wildman–Crippen MR) is 209 cm³/mol. The fourth-order valence-electron chi connectivity index (χ4n) is 5.87. The number of hydrogen-bond acceptors (Lipinski definition) is 2. The SMILES string of the molecule is CC(C)(C)c1cc(OCCCC[n+]2ccc(-c3cc[n+](CCCCOc4cc(C(C)(C)C)cc(C(C)(C)C)c4)cc3)cc2)cc(C(C)(C)C)c1. The van der Waals surface area contributed by atoms with Crippen LogP contribution in [0.15, 0.2) is 85.5 Å². The summed E-state index contributed by atoms with van der Waals surface area (Å²) in [5.41, 5.74) is 8.18. The minimum atomic E-state index is 0.0937. The first-order chi connectivity index (χ1) is 23.3. The zero-order valence-corrected chi connectivity index (χ0v) is 33.5. The van der Waals surface area contributed by atoms with Gasteiger partial charge in [-0.15, -0.1) is 0 Å². The number of hydrogen-bond donors (Lipinski definition) is 0. The van der Waals surface area contributed by atoms with Gasteiger partial charge in [0.1, 0.15) is 24.6 Å². The molecular formula is C46H66N2O2+2. The lowest BCUT2D eigenvalue weighted by molar-refractivity contribution is -0.697. The highest BCUT2D eigenvalue weighted by molar-refractivity contribution is 5.61. The van der Waals surface area contributed by atoms with Crippen LogP contribution in [0.4, 0.5) is 0 Å². The summed E-state index contributed by atoms with van der Waals surface area (Å²) in [6.45, 7) is 30.7. The van der Waals surface area contributed by atoms with E-state index in [0.717, 1.165) is 63.5 Å². The van der Waals surface area contributed by atoms with E-state index in [4.69, 9.17) is 9.47 Å². The molecule has 0 radical (unpaired) electrons. The second-order valence-corrected chi connectivity index (χ2v) is 18.3. The Labute approximate surface area is 304 Å². The molecule has 2 heterocycles. The summed E-state index contributed by atoms with van der Waals surface area (Å²) < 4.78 is 17.1. The Kier molecular flexibility index (Phi) is 12.6. The van der Waals surface area contributed by atoms with Crippen LogP contribution in [0.2, 0.25) is 0 Å². The van der Waals surface area contributed by atoms with Crippen molar-refractivity contribution in [3.8, 4) is 22.6 Å². The number of ether oxygens (including phenoxy) is 2.